The van der Waals surface area contributed by atoms with Gasteiger partial charge in [-0.2, -0.15) is 0 Å². The van der Waals surface area contributed by atoms with Gasteiger partial charge in [-0.05, 0) is 75.0 Å². The van der Waals surface area contributed by atoms with Crippen LogP contribution in [0.5, 0.6) is 0 Å². The highest BCUT2D eigenvalue weighted by Gasteiger charge is 2.64. The molecule has 8 nitrogen and oxygen atoms in total. The van der Waals surface area contributed by atoms with E-state index in [0.717, 1.165) is 38.5 Å². The Morgan fingerprint density at radius 3 is 2.03 bits per heavy atom. The Hall–Kier alpha value is -2.12. The lowest BCUT2D eigenvalue weighted by atomic mass is 9.44. The van der Waals surface area contributed by atoms with Crippen LogP contribution in [0.4, 0.5) is 0 Å². The first kappa shape index (κ1) is 26.0. The predicted octanol–water partition coefficient (Wildman–Crippen LogP) is 3.98. The van der Waals surface area contributed by atoms with Gasteiger partial charge < -0.3 is 18.9 Å². The Balaban J connectivity index is 1.66. The SMILES string of the molecule is CC(=O)OC[C@]12C[C@@H](OC(C)=O)[C@H](OC(C)=O)C[C@@H]1CC[C@H]1[C@@H]3CC[C@H](OC(C)=O)[C@@]3(C)CC[C@@H]12. The fraction of sp³-hybridized carbons (Fsp3) is 0.852. The van der Waals surface area contributed by atoms with Gasteiger partial charge in [0, 0.05) is 38.5 Å². The predicted molar refractivity (Wildman–Crippen MR) is 125 cm³/mol. The number of hydrogen-bond donors (Lipinski definition) is 0. The van der Waals surface area contributed by atoms with Crippen molar-refractivity contribution in [3.05, 3.63) is 0 Å². The molecule has 4 aliphatic rings. The van der Waals surface area contributed by atoms with Crippen LogP contribution in [0.1, 0.15) is 86.0 Å². The normalized spacial score (nSPS) is 42.0. The highest BCUT2D eigenvalue weighted by atomic mass is 16.6. The number of fused-ring (bicyclic) bond motifs is 5. The largest absolute Gasteiger partial charge is 0.465 e. The zero-order valence-electron chi connectivity index (χ0n) is 21.7. The molecule has 8 heteroatoms. The average Bonchev–Trinajstić information content (AvgIpc) is 3.07. The van der Waals surface area contributed by atoms with Crippen LogP contribution in [0.3, 0.4) is 0 Å². The molecule has 0 aromatic heterocycles. The van der Waals surface area contributed by atoms with Crippen molar-refractivity contribution in [3.8, 4) is 0 Å². The smallest absolute Gasteiger partial charge is 0.303 e. The molecule has 0 aromatic carbocycles. The molecule has 0 heterocycles. The van der Waals surface area contributed by atoms with Gasteiger partial charge in [0.1, 0.15) is 18.3 Å². The van der Waals surface area contributed by atoms with Crippen molar-refractivity contribution in [1.29, 1.82) is 0 Å². The summed E-state index contributed by atoms with van der Waals surface area (Å²) in [5.74, 6) is 0.0230. The molecule has 196 valence electrons. The van der Waals surface area contributed by atoms with Gasteiger partial charge in [0.15, 0.2) is 0 Å². The molecule has 35 heavy (non-hydrogen) atoms. The molecule has 0 aromatic rings. The highest BCUT2D eigenvalue weighted by Crippen LogP contribution is 2.67. The molecule has 0 unspecified atom stereocenters. The standard InChI is InChI=1S/C27H40O8/c1-15(28)32-14-27-13-24(34-17(3)30)23(33-16(2)29)12-19(27)6-7-20-21-8-9-25(35-18(4)31)26(21,5)11-10-22(20)27/h19-25H,6-14H2,1-5H3/t19-,20-,21-,22-,23+,24+,25-,26-,27+/m0/s1. The van der Waals surface area contributed by atoms with Crippen molar-refractivity contribution in [3.63, 3.8) is 0 Å². The molecule has 0 bridgehead atoms. The van der Waals surface area contributed by atoms with Gasteiger partial charge in [-0.15, -0.1) is 0 Å². The van der Waals surface area contributed by atoms with Crippen LogP contribution in [0, 0.1) is 34.5 Å². The van der Waals surface area contributed by atoms with Gasteiger partial charge >= 0.3 is 23.9 Å². The lowest BCUT2D eigenvalue weighted by molar-refractivity contribution is -0.211. The summed E-state index contributed by atoms with van der Waals surface area (Å²) in [6.07, 6.45) is 5.79. The van der Waals surface area contributed by atoms with Crippen LogP contribution in [0.2, 0.25) is 0 Å². The van der Waals surface area contributed by atoms with Crippen LogP contribution in [0.25, 0.3) is 0 Å². The molecule has 9 atom stereocenters. The van der Waals surface area contributed by atoms with Crippen molar-refractivity contribution >= 4 is 23.9 Å². The summed E-state index contributed by atoms with van der Waals surface area (Å²) in [4.78, 5) is 47.5. The Morgan fingerprint density at radius 1 is 0.743 bits per heavy atom. The lowest BCUT2D eigenvalue weighted by Crippen LogP contribution is -2.60. The zero-order valence-corrected chi connectivity index (χ0v) is 21.7. The fourth-order valence-electron chi connectivity index (χ4n) is 8.53. The highest BCUT2D eigenvalue weighted by molar-refractivity contribution is 5.68. The van der Waals surface area contributed by atoms with E-state index in [-0.39, 0.29) is 47.4 Å². The molecular formula is C27H40O8. The minimum atomic E-state index is -0.562. The summed E-state index contributed by atoms with van der Waals surface area (Å²) in [6.45, 7) is 8.23. The molecule has 0 saturated heterocycles. The van der Waals surface area contributed by atoms with Gasteiger partial charge in [0.2, 0.25) is 0 Å². The number of rotatable bonds is 5. The molecule has 0 amide bonds. The molecule has 0 N–H and O–H groups in total. The first-order chi connectivity index (χ1) is 16.5. The van der Waals surface area contributed by atoms with E-state index < -0.39 is 18.2 Å². The van der Waals surface area contributed by atoms with Crippen LogP contribution in [-0.2, 0) is 38.1 Å². The number of carbonyl (C=O) groups excluding carboxylic acids is 4. The number of hydrogen-bond acceptors (Lipinski definition) is 8. The van der Waals surface area contributed by atoms with Crippen molar-refractivity contribution in [1.82, 2.24) is 0 Å². The van der Waals surface area contributed by atoms with Gasteiger partial charge in [-0.3, -0.25) is 19.2 Å². The maximum Gasteiger partial charge on any atom is 0.303 e. The van der Waals surface area contributed by atoms with Crippen molar-refractivity contribution in [2.24, 2.45) is 34.5 Å². The maximum atomic E-state index is 12.0. The zero-order chi connectivity index (χ0) is 25.5. The summed E-state index contributed by atoms with van der Waals surface area (Å²) < 4.78 is 22.8. The van der Waals surface area contributed by atoms with E-state index in [0.29, 0.717) is 30.6 Å². The minimum absolute atomic E-state index is 0.0491. The second kappa shape index (κ2) is 9.74. The Labute approximate surface area is 207 Å². The Kier molecular flexibility index (Phi) is 7.22. The van der Waals surface area contributed by atoms with Gasteiger partial charge in [-0.25, -0.2) is 0 Å². The molecule has 0 spiro atoms. The molecular weight excluding hydrogens is 452 g/mol. The number of carbonyl (C=O) groups is 4. The molecule has 0 radical (unpaired) electrons. The summed E-state index contributed by atoms with van der Waals surface area (Å²) in [6, 6.07) is 0. The van der Waals surface area contributed by atoms with Gasteiger partial charge in [-0.1, -0.05) is 6.92 Å². The summed E-state index contributed by atoms with van der Waals surface area (Å²) >= 11 is 0. The maximum absolute atomic E-state index is 12.0. The van der Waals surface area contributed by atoms with E-state index in [9.17, 15) is 19.2 Å². The molecule has 4 aliphatic carbocycles. The van der Waals surface area contributed by atoms with E-state index in [1.807, 2.05) is 0 Å². The fourth-order valence-corrected chi connectivity index (χ4v) is 8.53. The third-order valence-electron chi connectivity index (χ3n) is 9.75. The summed E-state index contributed by atoms with van der Waals surface area (Å²) in [5.41, 5.74) is -0.390. The molecule has 4 fully saturated rings. The van der Waals surface area contributed by atoms with E-state index >= 15 is 0 Å². The van der Waals surface area contributed by atoms with E-state index in [2.05, 4.69) is 6.92 Å². The summed E-state index contributed by atoms with van der Waals surface area (Å²) in [7, 11) is 0. The summed E-state index contributed by atoms with van der Waals surface area (Å²) in [5, 5.41) is 0. The molecule has 4 saturated carbocycles. The topological polar surface area (TPSA) is 105 Å². The van der Waals surface area contributed by atoms with Crippen LogP contribution in [-0.4, -0.2) is 48.8 Å². The van der Waals surface area contributed by atoms with Crippen molar-refractivity contribution in [2.45, 2.75) is 104 Å². The molecule has 4 rings (SSSR count). The number of esters is 4. The average molecular weight is 493 g/mol. The monoisotopic (exact) mass is 492 g/mol. The quantitative estimate of drug-likeness (QED) is 0.419. The second-order valence-corrected chi connectivity index (χ2v) is 11.6. The Bertz CT molecular complexity index is 869. The Morgan fingerprint density at radius 2 is 1.40 bits per heavy atom. The van der Waals surface area contributed by atoms with E-state index in [1.54, 1.807) is 0 Å². The van der Waals surface area contributed by atoms with Crippen LogP contribution >= 0.6 is 0 Å². The van der Waals surface area contributed by atoms with E-state index in [4.69, 9.17) is 18.9 Å². The minimum Gasteiger partial charge on any atom is -0.465 e. The third-order valence-corrected chi connectivity index (χ3v) is 9.75. The third kappa shape index (κ3) is 4.82. The lowest BCUT2D eigenvalue weighted by Gasteiger charge is -2.62. The van der Waals surface area contributed by atoms with Crippen molar-refractivity contribution < 1.29 is 38.1 Å². The molecule has 0 aliphatic heterocycles. The van der Waals surface area contributed by atoms with E-state index in [1.165, 1.54) is 27.7 Å². The number of ether oxygens (including phenoxy) is 4. The first-order valence-corrected chi connectivity index (χ1v) is 13.1. The second-order valence-electron chi connectivity index (χ2n) is 11.6. The van der Waals surface area contributed by atoms with Gasteiger partial charge in [0.25, 0.3) is 0 Å². The first-order valence-electron chi connectivity index (χ1n) is 13.1. The van der Waals surface area contributed by atoms with Crippen molar-refractivity contribution in [2.75, 3.05) is 6.61 Å². The van der Waals surface area contributed by atoms with Crippen LogP contribution < -0.4 is 0 Å². The van der Waals surface area contributed by atoms with Gasteiger partial charge in [0.05, 0.1) is 6.61 Å². The van der Waals surface area contributed by atoms with Crippen LogP contribution in [0.15, 0.2) is 0 Å².